The molecular weight excluding hydrogens is 244 g/mol. The van der Waals surface area contributed by atoms with E-state index in [1.165, 1.54) is 0 Å². The van der Waals surface area contributed by atoms with Crippen molar-refractivity contribution in [2.24, 2.45) is 0 Å². The van der Waals surface area contributed by atoms with Crippen LogP contribution < -0.4 is 5.56 Å². The van der Waals surface area contributed by atoms with Gasteiger partial charge in [0.05, 0.1) is 5.69 Å². The van der Waals surface area contributed by atoms with Crippen LogP contribution >= 0.6 is 15.9 Å². The van der Waals surface area contributed by atoms with E-state index in [-0.39, 0.29) is 5.56 Å². The minimum Gasteiger partial charge on any atom is -0.297 e. The molecule has 0 aliphatic carbocycles. The van der Waals surface area contributed by atoms with Gasteiger partial charge in [-0.1, -0.05) is 34.1 Å². The predicted octanol–water partition coefficient (Wildman–Crippen LogP) is 2.44. The molecular formula is C10H9BrN2O. The molecule has 0 bridgehead atoms. The summed E-state index contributed by atoms with van der Waals surface area (Å²) < 4.78 is 0.971. The quantitative estimate of drug-likeness (QED) is 0.805. The van der Waals surface area contributed by atoms with Crippen molar-refractivity contribution in [1.82, 2.24) is 10.2 Å². The second-order valence-electron chi connectivity index (χ2n) is 3.06. The summed E-state index contributed by atoms with van der Waals surface area (Å²) in [7, 11) is 0. The van der Waals surface area contributed by atoms with Crippen molar-refractivity contribution in [2.45, 2.75) is 6.92 Å². The molecule has 2 N–H and O–H groups in total. The van der Waals surface area contributed by atoms with Crippen LogP contribution in [0.3, 0.4) is 0 Å². The fraction of sp³-hybridized carbons (Fsp3) is 0.100. The van der Waals surface area contributed by atoms with E-state index in [4.69, 9.17) is 0 Å². The van der Waals surface area contributed by atoms with Crippen molar-refractivity contribution in [3.05, 3.63) is 44.7 Å². The molecule has 1 aromatic carbocycles. The number of halogens is 1. The Morgan fingerprint density at radius 3 is 2.50 bits per heavy atom. The molecule has 0 fully saturated rings. The third kappa shape index (κ3) is 1.42. The summed E-state index contributed by atoms with van der Waals surface area (Å²) in [6.07, 6.45) is 0. The van der Waals surface area contributed by atoms with Gasteiger partial charge in [0.1, 0.15) is 0 Å². The number of aromatic nitrogens is 2. The van der Waals surface area contributed by atoms with Crippen LogP contribution in [0.4, 0.5) is 0 Å². The Kier molecular flexibility index (Phi) is 2.29. The highest BCUT2D eigenvalue weighted by Gasteiger charge is 2.09. The zero-order valence-corrected chi connectivity index (χ0v) is 9.18. The lowest BCUT2D eigenvalue weighted by molar-refractivity contribution is 1.06. The molecule has 2 aromatic rings. The maximum Gasteiger partial charge on any atom is 0.267 e. The predicted molar refractivity (Wildman–Crippen MR) is 59.3 cm³/mol. The first-order valence-electron chi connectivity index (χ1n) is 4.22. The summed E-state index contributed by atoms with van der Waals surface area (Å²) >= 11 is 3.44. The average molecular weight is 253 g/mol. The molecule has 0 spiro atoms. The first-order valence-corrected chi connectivity index (χ1v) is 5.01. The van der Waals surface area contributed by atoms with E-state index in [1.807, 2.05) is 24.3 Å². The van der Waals surface area contributed by atoms with Gasteiger partial charge in [-0.05, 0) is 13.0 Å². The smallest absolute Gasteiger partial charge is 0.267 e. The number of hydrogen-bond acceptors (Lipinski definition) is 1. The van der Waals surface area contributed by atoms with E-state index >= 15 is 0 Å². The van der Waals surface area contributed by atoms with Crippen molar-refractivity contribution in [2.75, 3.05) is 0 Å². The highest BCUT2D eigenvalue weighted by molar-refractivity contribution is 9.10. The summed E-state index contributed by atoms with van der Waals surface area (Å²) in [5.41, 5.74) is 2.46. The number of rotatable bonds is 1. The highest BCUT2D eigenvalue weighted by atomic mass is 79.9. The third-order valence-corrected chi connectivity index (χ3v) is 2.85. The Balaban J connectivity index is 2.66. The molecule has 1 heterocycles. The van der Waals surface area contributed by atoms with Crippen LogP contribution in [0.25, 0.3) is 11.3 Å². The minimum absolute atomic E-state index is 0.0734. The lowest BCUT2D eigenvalue weighted by Crippen LogP contribution is -2.00. The molecule has 72 valence electrons. The van der Waals surface area contributed by atoms with Gasteiger partial charge < -0.3 is 0 Å². The zero-order chi connectivity index (χ0) is 10.1. The summed E-state index contributed by atoms with van der Waals surface area (Å²) in [6.45, 7) is 1.80. The molecule has 0 saturated carbocycles. The van der Waals surface area contributed by atoms with Gasteiger partial charge in [0.2, 0.25) is 0 Å². The molecule has 2 rings (SSSR count). The Labute approximate surface area is 89.3 Å². The van der Waals surface area contributed by atoms with Gasteiger partial charge in [0, 0.05) is 15.6 Å². The average Bonchev–Trinajstić information content (AvgIpc) is 2.49. The lowest BCUT2D eigenvalue weighted by Gasteiger charge is -2.01. The molecule has 4 heteroatoms. The number of nitrogens with one attached hydrogen (secondary N) is 2. The standard InChI is InChI=1S/C10H9BrN2O/c1-6-9(12-13-10(6)14)7-4-2-3-5-8(7)11/h2-5H,1H3,(H2,12,13,14). The van der Waals surface area contributed by atoms with Crippen molar-refractivity contribution >= 4 is 15.9 Å². The van der Waals surface area contributed by atoms with E-state index in [2.05, 4.69) is 26.1 Å². The Morgan fingerprint density at radius 2 is 1.93 bits per heavy atom. The van der Waals surface area contributed by atoms with Crippen LogP contribution in [-0.2, 0) is 0 Å². The summed E-state index contributed by atoms with van der Waals surface area (Å²) in [5, 5.41) is 5.42. The second kappa shape index (κ2) is 3.46. The molecule has 1 aromatic heterocycles. The monoisotopic (exact) mass is 252 g/mol. The fourth-order valence-corrected chi connectivity index (χ4v) is 1.84. The van der Waals surface area contributed by atoms with E-state index in [9.17, 15) is 4.79 Å². The maximum absolute atomic E-state index is 11.2. The van der Waals surface area contributed by atoms with Crippen LogP contribution in [-0.4, -0.2) is 10.2 Å². The van der Waals surface area contributed by atoms with E-state index < -0.39 is 0 Å². The van der Waals surface area contributed by atoms with Crippen molar-refractivity contribution in [1.29, 1.82) is 0 Å². The maximum atomic E-state index is 11.2. The molecule has 0 radical (unpaired) electrons. The Hall–Kier alpha value is -1.29. The van der Waals surface area contributed by atoms with Crippen molar-refractivity contribution in [3.63, 3.8) is 0 Å². The molecule has 3 nitrogen and oxygen atoms in total. The fourth-order valence-electron chi connectivity index (χ4n) is 1.35. The number of hydrogen-bond donors (Lipinski definition) is 2. The summed E-state index contributed by atoms with van der Waals surface area (Å²) in [6, 6.07) is 7.77. The molecule has 0 aliphatic heterocycles. The topological polar surface area (TPSA) is 48.6 Å². The van der Waals surface area contributed by atoms with E-state index in [0.29, 0.717) is 5.56 Å². The second-order valence-corrected chi connectivity index (χ2v) is 3.91. The van der Waals surface area contributed by atoms with Crippen LogP contribution in [0.5, 0.6) is 0 Å². The first kappa shape index (κ1) is 9.27. The summed E-state index contributed by atoms with van der Waals surface area (Å²) in [4.78, 5) is 11.2. The zero-order valence-electron chi connectivity index (χ0n) is 7.60. The van der Waals surface area contributed by atoms with Gasteiger partial charge in [-0.3, -0.25) is 15.0 Å². The van der Waals surface area contributed by atoms with Gasteiger partial charge in [-0.2, -0.15) is 0 Å². The van der Waals surface area contributed by atoms with Crippen LogP contribution in [0.2, 0.25) is 0 Å². The third-order valence-electron chi connectivity index (χ3n) is 2.16. The SMILES string of the molecule is Cc1c(-c2ccccc2Br)[nH][nH]c1=O. The van der Waals surface area contributed by atoms with Crippen molar-refractivity contribution < 1.29 is 0 Å². The summed E-state index contributed by atoms with van der Waals surface area (Å²) in [5.74, 6) is 0. The van der Waals surface area contributed by atoms with Gasteiger partial charge in [-0.15, -0.1) is 0 Å². The Bertz CT molecular complexity index is 513. The molecule has 0 amide bonds. The molecule has 0 unspecified atom stereocenters. The van der Waals surface area contributed by atoms with Crippen LogP contribution in [0.15, 0.2) is 33.5 Å². The molecule has 0 saturated heterocycles. The minimum atomic E-state index is -0.0734. The molecule has 14 heavy (non-hydrogen) atoms. The van der Waals surface area contributed by atoms with E-state index in [1.54, 1.807) is 6.92 Å². The number of H-pyrrole nitrogens is 2. The lowest BCUT2D eigenvalue weighted by atomic mass is 10.1. The largest absolute Gasteiger partial charge is 0.297 e. The van der Waals surface area contributed by atoms with E-state index in [0.717, 1.165) is 15.7 Å². The molecule has 0 atom stereocenters. The van der Waals surface area contributed by atoms with Gasteiger partial charge in [-0.25, -0.2) is 0 Å². The van der Waals surface area contributed by atoms with Gasteiger partial charge in [0.15, 0.2) is 0 Å². The Morgan fingerprint density at radius 1 is 1.21 bits per heavy atom. The van der Waals surface area contributed by atoms with Crippen molar-refractivity contribution in [3.8, 4) is 11.3 Å². The van der Waals surface area contributed by atoms with Crippen LogP contribution in [0.1, 0.15) is 5.56 Å². The highest BCUT2D eigenvalue weighted by Crippen LogP contribution is 2.26. The first-order chi connectivity index (χ1) is 6.70. The van der Waals surface area contributed by atoms with Gasteiger partial charge in [0.25, 0.3) is 5.56 Å². The number of benzene rings is 1. The van der Waals surface area contributed by atoms with Gasteiger partial charge >= 0.3 is 0 Å². The number of aromatic amines is 2. The van der Waals surface area contributed by atoms with Crippen LogP contribution in [0, 0.1) is 6.92 Å². The normalized spacial score (nSPS) is 10.4. The molecule has 0 aliphatic rings.